The second kappa shape index (κ2) is 3.58. The minimum absolute atomic E-state index is 0.0221. The van der Waals surface area contributed by atoms with Crippen LogP contribution in [0.2, 0.25) is 0 Å². The van der Waals surface area contributed by atoms with Gasteiger partial charge in [-0.3, -0.25) is 0 Å². The molecule has 17 heavy (non-hydrogen) atoms. The molecule has 0 atom stereocenters. The Morgan fingerprint density at radius 1 is 1.24 bits per heavy atom. The molecule has 0 amide bonds. The zero-order valence-corrected chi connectivity index (χ0v) is 9.14. The molecule has 1 aromatic carbocycles. The van der Waals surface area contributed by atoms with Crippen molar-refractivity contribution in [3.63, 3.8) is 0 Å². The number of rotatable bonds is 1. The first-order chi connectivity index (χ1) is 7.75. The topological polar surface area (TPSA) is 54.4 Å². The summed E-state index contributed by atoms with van der Waals surface area (Å²) in [5, 5.41) is 9.71. The molecule has 0 spiro atoms. The Bertz CT molecular complexity index is 600. The van der Waals surface area contributed by atoms with Gasteiger partial charge in [0.25, 0.3) is 0 Å². The summed E-state index contributed by atoms with van der Waals surface area (Å²) >= 11 is 0. The van der Waals surface area contributed by atoms with Crippen LogP contribution in [0.15, 0.2) is 28.5 Å². The van der Waals surface area contributed by atoms with Gasteiger partial charge in [-0.15, -0.1) is 0 Å². The van der Waals surface area contributed by atoms with Crippen molar-refractivity contribution in [1.82, 2.24) is 0 Å². The van der Waals surface area contributed by atoms with E-state index in [0.29, 0.717) is 6.07 Å². The number of hydrogen-bond donors (Lipinski definition) is 1. The van der Waals surface area contributed by atoms with E-state index >= 15 is 0 Å². The summed E-state index contributed by atoms with van der Waals surface area (Å²) in [4.78, 5) is -0.199. The van der Waals surface area contributed by atoms with Crippen LogP contribution in [0.5, 0.6) is 0 Å². The third kappa shape index (κ3) is 1.96. The van der Waals surface area contributed by atoms with Crippen LogP contribution in [-0.2, 0) is 16.0 Å². The maximum atomic E-state index is 12.4. The molecule has 0 radical (unpaired) electrons. The lowest BCUT2D eigenvalue weighted by molar-refractivity contribution is -0.137. The lowest BCUT2D eigenvalue weighted by Crippen LogP contribution is -2.06. The minimum Gasteiger partial charge on any atom is -0.392 e. The molecule has 1 aromatic rings. The monoisotopic (exact) mass is 264 g/mol. The van der Waals surface area contributed by atoms with Crippen LogP contribution >= 0.6 is 0 Å². The third-order valence-electron chi connectivity index (χ3n) is 2.43. The van der Waals surface area contributed by atoms with Crippen LogP contribution in [0.25, 0.3) is 5.57 Å². The highest BCUT2D eigenvalue weighted by atomic mass is 32.2. The van der Waals surface area contributed by atoms with E-state index in [4.69, 9.17) is 5.11 Å². The van der Waals surface area contributed by atoms with Crippen molar-refractivity contribution in [2.45, 2.75) is 11.1 Å². The van der Waals surface area contributed by atoms with E-state index in [2.05, 4.69) is 0 Å². The van der Waals surface area contributed by atoms with Gasteiger partial charge in [-0.2, -0.15) is 13.2 Å². The number of alkyl halides is 3. The van der Waals surface area contributed by atoms with E-state index < -0.39 is 28.2 Å². The number of sulfone groups is 1. The van der Waals surface area contributed by atoms with Gasteiger partial charge in [0, 0.05) is 11.0 Å². The maximum absolute atomic E-state index is 12.4. The van der Waals surface area contributed by atoms with Gasteiger partial charge in [-0.1, -0.05) is 0 Å². The SMILES string of the molecule is O=S1(=O)C=C(CO)c2cc(C(F)(F)F)ccc21. The third-order valence-corrected chi connectivity index (χ3v) is 3.99. The number of fused-ring (bicyclic) bond motifs is 1. The highest BCUT2D eigenvalue weighted by Gasteiger charge is 2.34. The van der Waals surface area contributed by atoms with Crippen LogP contribution in [0.4, 0.5) is 13.2 Å². The van der Waals surface area contributed by atoms with Gasteiger partial charge in [-0.05, 0) is 23.8 Å². The van der Waals surface area contributed by atoms with Crippen LogP contribution in [0.3, 0.4) is 0 Å². The fourth-order valence-corrected chi connectivity index (χ4v) is 3.10. The van der Waals surface area contributed by atoms with Crippen molar-refractivity contribution in [3.05, 3.63) is 34.7 Å². The molecule has 0 unspecified atom stereocenters. The maximum Gasteiger partial charge on any atom is 0.416 e. The summed E-state index contributed by atoms with van der Waals surface area (Å²) in [7, 11) is -3.72. The van der Waals surface area contributed by atoms with E-state index in [9.17, 15) is 21.6 Å². The summed E-state index contributed by atoms with van der Waals surface area (Å²) in [6, 6.07) is 2.36. The Morgan fingerprint density at radius 2 is 1.88 bits per heavy atom. The molecule has 3 nitrogen and oxygen atoms in total. The predicted molar refractivity (Wildman–Crippen MR) is 53.7 cm³/mol. The molecule has 0 aliphatic carbocycles. The average Bonchev–Trinajstić information content (AvgIpc) is 2.49. The molecule has 1 N–H and O–H groups in total. The smallest absolute Gasteiger partial charge is 0.392 e. The molecule has 2 rings (SSSR count). The standard InChI is InChI=1S/C10H7F3O3S/c11-10(12,13)7-1-2-9-8(3-7)6(4-14)5-17(9,15)16/h1-3,5,14H,4H2. The quantitative estimate of drug-likeness (QED) is 0.841. The fraction of sp³-hybridized carbons (Fsp3) is 0.200. The largest absolute Gasteiger partial charge is 0.416 e. The number of aliphatic hydroxyl groups is 1. The molecule has 0 bridgehead atoms. The molecule has 0 aromatic heterocycles. The Balaban J connectivity index is 2.67. The van der Waals surface area contributed by atoms with Crippen molar-refractivity contribution >= 4 is 15.4 Å². The molecule has 1 heterocycles. The normalized spacial score (nSPS) is 17.8. The molecule has 1 aliphatic heterocycles. The van der Waals surface area contributed by atoms with Crippen LogP contribution in [-0.4, -0.2) is 20.1 Å². The Hall–Kier alpha value is -1.34. The summed E-state index contributed by atoms with van der Waals surface area (Å²) < 4.78 is 60.4. The molecule has 0 saturated carbocycles. The molecule has 1 aliphatic rings. The highest BCUT2D eigenvalue weighted by molar-refractivity contribution is 7.95. The van der Waals surface area contributed by atoms with Gasteiger partial charge in [0.1, 0.15) is 0 Å². The number of hydrogen-bond acceptors (Lipinski definition) is 3. The number of halogens is 3. The second-order valence-corrected chi connectivity index (χ2v) is 5.32. The molecular formula is C10H7F3O3S. The lowest BCUT2D eigenvalue weighted by atomic mass is 10.0. The first kappa shape index (κ1) is 12.1. The van der Waals surface area contributed by atoms with Crippen LogP contribution < -0.4 is 0 Å². The first-order valence-corrected chi connectivity index (χ1v) is 6.08. The van der Waals surface area contributed by atoms with E-state index in [1.54, 1.807) is 0 Å². The summed E-state index contributed by atoms with van der Waals surface area (Å²) in [5.41, 5.74) is -1.04. The Morgan fingerprint density at radius 3 is 2.41 bits per heavy atom. The van der Waals surface area contributed by atoms with Crippen molar-refractivity contribution < 1.29 is 26.7 Å². The second-order valence-electron chi connectivity index (χ2n) is 3.55. The van der Waals surface area contributed by atoms with E-state index in [1.807, 2.05) is 0 Å². The van der Waals surface area contributed by atoms with E-state index in [1.165, 1.54) is 0 Å². The molecule has 0 saturated heterocycles. The summed E-state index contributed by atoms with van der Waals surface area (Å²) in [5.74, 6) is 0. The van der Waals surface area contributed by atoms with E-state index in [0.717, 1.165) is 17.5 Å². The molecular weight excluding hydrogens is 257 g/mol. The van der Waals surface area contributed by atoms with Crippen LogP contribution in [0, 0.1) is 0 Å². The van der Waals surface area contributed by atoms with Gasteiger partial charge < -0.3 is 5.11 Å². The zero-order valence-electron chi connectivity index (χ0n) is 8.32. The number of aliphatic hydroxyl groups excluding tert-OH is 1. The molecule has 92 valence electrons. The zero-order chi connectivity index (χ0) is 12.8. The Labute approximate surface area is 95.1 Å². The van der Waals surface area contributed by atoms with Gasteiger partial charge in [0.2, 0.25) is 9.84 Å². The van der Waals surface area contributed by atoms with Crippen molar-refractivity contribution in [3.8, 4) is 0 Å². The molecule has 0 fully saturated rings. The average molecular weight is 264 g/mol. The van der Waals surface area contributed by atoms with Gasteiger partial charge in [0.05, 0.1) is 17.1 Å². The van der Waals surface area contributed by atoms with Crippen molar-refractivity contribution in [1.29, 1.82) is 0 Å². The lowest BCUT2D eigenvalue weighted by Gasteiger charge is -2.09. The Kier molecular flexibility index (Phi) is 2.55. The van der Waals surface area contributed by atoms with Gasteiger partial charge in [0.15, 0.2) is 0 Å². The molecule has 7 heteroatoms. The summed E-state index contributed by atoms with van der Waals surface area (Å²) in [6.45, 7) is -0.618. The number of benzene rings is 1. The van der Waals surface area contributed by atoms with Crippen LogP contribution in [0.1, 0.15) is 11.1 Å². The van der Waals surface area contributed by atoms with Gasteiger partial charge in [-0.25, -0.2) is 8.42 Å². The fourth-order valence-electron chi connectivity index (χ4n) is 1.64. The van der Waals surface area contributed by atoms with Crippen molar-refractivity contribution in [2.24, 2.45) is 0 Å². The predicted octanol–water partition coefficient (Wildman–Crippen LogP) is 1.83. The minimum atomic E-state index is -4.54. The highest BCUT2D eigenvalue weighted by Crippen LogP contribution is 2.37. The van der Waals surface area contributed by atoms with Crippen molar-refractivity contribution in [2.75, 3.05) is 6.61 Å². The first-order valence-electron chi connectivity index (χ1n) is 4.54. The van der Waals surface area contributed by atoms with Gasteiger partial charge >= 0.3 is 6.18 Å². The summed E-state index contributed by atoms with van der Waals surface area (Å²) in [6.07, 6.45) is -4.54. The van der Waals surface area contributed by atoms with E-state index in [-0.39, 0.29) is 16.0 Å².